The van der Waals surface area contributed by atoms with Gasteiger partial charge in [-0.25, -0.2) is 9.97 Å². The number of amides is 1. The standard InChI is InChI=1S/C27H25N5O2S/c1-4-14-34-21-12-10-20(11-13-21)25-23-24(19-8-6-5-7-9-19)31-32(26(23)30-22(33)16-35-25)27-28-17(2)15-18(3)29-27/h4-13,15,25H,1,14,16H2,2-3H3,(H,30,33)/t25-/m1/s1. The lowest BCUT2D eigenvalue weighted by Crippen LogP contribution is -2.17. The molecule has 0 unspecified atom stereocenters. The topological polar surface area (TPSA) is 81.9 Å². The first-order chi connectivity index (χ1) is 17.0. The number of aryl methyl sites for hydroxylation is 2. The van der Waals surface area contributed by atoms with E-state index in [1.807, 2.05) is 74.5 Å². The van der Waals surface area contributed by atoms with Gasteiger partial charge in [0.2, 0.25) is 5.91 Å². The molecule has 1 aliphatic rings. The summed E-state index contributed by atoms with van der Waals surface area (Å²) in [6.45, 7) is 7.99. The fourth-order valence-electron chi connectivity index (χ4n) is 4.12. The fourth-order valence-corrected chi connectivity index (χ4v) is 5.25. The predicted molar refractivity (Wildman–Crippen MR) is 139 cm³/mol. The Kier molecular flexibility index (Phi) is 6.37. The predicted octanol–water partition coefficient (Wildman–Crippen LogP) is 5.29. The zero-order valence-electron chi connectivity index (χ0n) is 19.6. The summed E-state index contributed by atoms with van der Waals surface area (Å²) in [5.74, 6) is 2.02. The molecule has 2 aromatic carbocycles. The third kappa shape index (κ3) is 4.70. The van der Waals surface area contributed by atoms with Crippen LogP contribution in [-0.2, 0) is 4.79 Å². The Hall–Kier alpha value is -3.91. The zero-order chi connectivity index (χ0) is 24.4. The molecule has 0 saturated heterocycles. The Morgan fingerprint density at radius 2 is 1.83 bits per heavy atom. The minimum atomic E-state index is -0.132. The highest BCUT2D eigenvalue weighted by molar-refractivity contribution is 8.00. The van der Waals surface area contributed by atoms with Gasteiger partial charge in [-0.2, -0.15) is 9.78 Å². The molecule has 35 heavy (non-hydrogen) atoms. The first kappa shape index (κ1) is 22.9. The average molecular weight is 484 g/mol. The number of aromatic nitrogens is 4. The van der Waals surface area contributed by atoms with Crippen LogP contribution in [0.5, 0.6) is 5.75 Å². The van der Waals surface area contributed by atoms with Gasteiger partial charge in [0.15, 0.2) is 0 Å². The van der Waals surface area contributed by atoms with Crippen LogP contribution in [-0.4, -0.2) is 38.0 Å². The molecule has 0 bridgehead atoms. The molecule has 0 aliphatic carbocycles. The Labute approximate surface area is 208 Å². The molecule has 4 aromatic rings. The second kappa shape index (κ2) is 9.76. The van der Waals surface area contributed by atoms with E-state index in [4.69, 9.17) is 9.84 Å². The van der Waals surface area contributed by atoms with Crippen molar-refractivity contribution >= 4 is 23.5 Å². The molecule has 8 heteroatoms. The number of hydrogen-bond acceptors (Lipinski definition) is 6. The van der Waals surface area contributed by atoms with E-state index in [0.29, 0.717) is 24.1 Å². The second-order valence-electron chi connectivity index (χ2n) is 8.25. The van der Waals surface area contributed by atoms with E-state index < -0.39 is 0 Å². The van der Waals surface area contributed by atoms with Gasteiger partial charge in [-0.05, 0) is 37.6 Å². The van der Waals surface area contributed by atoms with E-state index in [9.17, 15) is 4.79 Å². The molecule has 1 amide bonds. The van der Waals surface area contributed by atoms with Gasteiger partial charge in [-0.3, -0.25) is 4.79 Å². The molecular formula is C27H25N5O2S. The van der Waals surface area contributed by atoms with Crippen molar-refractivity contribution in [3.63, 3.8) is 0 Å². The highest BCUT2D eigenvalue weighted by atomic mass is 32.2. The van der Waals surface area contributed by atoms with Crippen molar-refractivity contribution in [2.24, 2.45) is 0 Å². The Morgan fingerprint density at radius 1 is 1.11 bits per heavy atom. The minimum Gasteiger partial charge on any atom is -0.490 e. The zero-order valence-corrected chi connectivity index (χ0v) is 20.4. The first-order valence-corrected chi connectivity index (χ1v) is 12.3. The number of carbonyl (C=O) groups is 1. The number of nitrogens with zero attached hydrogens (tertiary/aromatic N) is 4. The van der Waals surface area contributed by atoms with Crippen LogP contribution in [0.15, 0.2) is 73.3 Å². The van der Waals surface area contributed by atoms with Crippen molar-refractivity contribution in [1.82, 2.24) is 19.7 Å². The molecule has 0 fully saturated rings. The molecule has 1 N–H and O–H groups in total. The Balaban J connectivity index is 1.71. The molecule has 2 aromatic heterocycles. The lowest BCUT2D eigenvalue weighted by Gasteiger charge is -2.17. The van der Waals surface area contributed by atoms with Crippen molar-refractivity contribution in [3.05, 3.63) is 95.8 Å². The number of ether oxygens (including phenoxy) is 1. The number of nitrogens with one attached hydrogen (secondary N) is 1. The van der Waals surface area contributed by atoms with Crippen molar-refractivity contribution in [1.29, 1.82) is 0 Å². The van der Waals surface area contributed by atoms with Gasteiger partial charge in [-0.1, -0.05) is 55.1 Å². The molecular weight excluding hydrogens is 458 g/mol. The Bertz CT molecular complexity index is 1360. The van der Waals surface area contributed by atoms with Gasteiger partial charge in [0, 0.05) is 22.5 Å². The SMILES string of the molecule is C=CCOc1ccc([C@H]2SCC(=O)Nc3c2c(-c2ccccc2)nn3-c2nc(C)cc(C)n2)cc1. The van der Waals surface area contributed by atoms with Gasteiger partial charge in [0.25, 0.3) is 5.95 Å². The summed E-state index contributed by atoms with van der Waals surface area (Å²) in [5, 5.41) is 7.90. The number of fused-ring (bicyclic) bond motifs is 1. The maximum absolute atomic E-state index is 12.8. The quantitative estimate of drug-likeness (QED) is 0.376. The van der Waals surface area contributed by atoms with Crippen LogP contribution >= 0.6 is 11.8 Å². The lowest BCUT2D eigenvalue weighted by atomic mass is 10.00. The molecule has 1 aliphatic heterocycles. The number of rotatable bonds is 6. The third-order valence-corrected chi connectivity index (χ3v) is 6.85. The summed E-state index contributed by atoms with van der Waals surface area (Å²) >= 11 is 1.57. The van der Waals surface area contributed by atoms with E-state index >= 15 is 0 Å². The summed E-state index contributed by atoms with van der Waals surface area (Å²) in [7, 11) is 0. The average Bonchev–Trinajstić information content (AvgIpc) is 3.13. The van der Waals surface area contributed by atoms with Crippen molar-refractivity contribution in [3.8, 4) is 23.0 Å². The van der Waals surface area contributed by atoms with Crippen LogP contribution in [0.4, 0.5) is 5.82 Å². The summed E-state index contributed by atoms with van der Waals surface area (Å²) in [6, 6.07) is 19.9. The molecule has 5 rings (SSSR count). The molecule has 0 spiro atoms. The second-order valence-corrected chi connectivity index (χ2v) is 9.34. The van der Waals surface area contributed by atoms with Gasteiger partial charge >= 0.3 is 0 Å². The van der Waals surface area contributed by atoms with Crippen molar-refractivity contribution < 1.29 is 9.53 Å². The maximum atomic E-state index is 12.8. The van der Waals surface area contributed by atoms with Crippen LogP contribution in [0.3, 0.4) is 0 Å². The fraction of sp³-hybridized carbons (Fsp3) is 0.185. The molecule has 3 heterocycles. The summed E-state index contributed by atoms with van der Waals surface area (Å²) in [4.78, 5) is 22.1. The summed E-state index contributed by atoms with van der Waals surface area (Å²) < 4.78 is 7.32. The maximum Gasteiger partial charge on any atom is 0.252 e. The molecule has 0 saturated carbocycles. The van der Waals surface area contributed by atoms with Gasteiger partial charge in [0.05, 0.1) is 16.7 Å². The minimum absolute atomic E-state index is 0.0881. The van der Waals surface area contributed by atoms with Crippen molar-refractivity contribution in [2.45, 2.75) is 19.1 Å². The third-order valence-electron chi connectivity index (χ3n) is 5.58. The summed E-state index contributed by atoms with van der Waals surface area (Å²) in [6.07, 6.45) is 1.72. The number of thioether (sulfide) groups is 1. The van der Waals surface area contributed by atoms with Crippen LogP contribution in [0.25, 0.3) is 17.2 Å². The molecule has 176 valence electrons. The van der Waals surface area contributed by atoms with Crippen LogP contribution in [0.1, 0.15) is 27.8 Å². The van der Waals surface area contributed by atoms with E-state index in [1.54, 1.807) is 22.5 Å². The van der Waals surface area contributed by atoms with Gasteiger partial charge in [-0.15, -0.1) is 11.8 Å². The molecule has 0 radical (unpaired) electrons. The van der Waals surface area contributed by atoms with Crippen molar-refractivity contribution in [2.75, 3.05) is 17.7 Å². The highest BCUT2D eigenvalue weighted by Gasteiger charge is 2.33. The van der Waals surface area contributed by atoms with Gasteiger partial charge < -0.3 is 10.1 Å². The Morgan fingerprint density at radius 3 is 2.51 bits per heavy atom. The normalized spacial score (nSPS) is 15.1. The van der Waals surface area contributed by atoms with E-state index in [2.05, 4.69) is 21.9 Å². The first-order valence-electron chi connectivity index (χ1n) is 11.3. The number of anilines is 1. The molecule has 7 nitrogen and oxygen atoms in total. The monoisotopic (exact) mass is 483 g/mol. The molecule has 1 atom stereocenters. The van der Waals surface area contributed by atoms with E-state index in [-0.39, 0.29) is 11.2 Å². The van der Waals surface area contributed by atoms with E-state index in [0.717, 1.165) is 39.5 Å². The van der Waals surface area contributed by atoms with Crippen LogP contribution in [0, 0.1) is 13.8 Å². The smallest absolute Gasteiger partial charge is 0.252 e. The van der Waals surface area contributed by atoms with Crippen LogP contribution < -0.4 is 10.1 Å². The van der Waals surface area contributed by atoms with E-state index in [1.165, 1.54) is 0 Å². The lowest BCUT2D eigenvalue weighted by molar-refractivity contribution is -0.113. The summed E-state index contributed by atoms with van der Waals surface area (Å²) in [5.41, 5.74) is 5.39. The number of carbonyl (C=O) groups excluding carboxylic acids is 1. The van der Waals surface area contributed by atoms with Crippen LogP contribution in [0.2, 0.25) is 0 Å². The highest BCUT2D eigenvalue weighted by Crippen LogP contribution is 2.46. The number of hydrogen-bond donors (Lipinski definition) is 1. The largest absolute Gasteiger partial charge is 0.490 e. The number of benzene rings is 2. The van der Waals surface area contributed by atoms with Gasteiger partial charge in [0.1, 0.15) is 18.2 Å².